The topological polar surface area (TPSA) is 54.4 Å². The number of aliphatic hydroxyl groups excluding tert-OH is 1. The van der Waals surface area contributed by atoms with Gasteiger partial charge in [0.2, 0.25) is 0 Å². The van der Waals surface area contributed by atoms with E-state index in [1.54, 1.807) is 0 Å². The van der Waals surface area contributed by atoms with Crippen LogP contribution in [0, 0.1) is 0 Å². The summed E-state index contributed by atoms with van der Waals surface area (Å²) in [6, 6.07) is 7.63. The molecule has 0 unspecified atom stereocenters. The number of benzene rings is 1. The fourth-order valence-corrected chi connectivity index (χ4v) is 3.71. The van der Waals surface area contributed by atoms with Crippen LogP contribution in [0.1, 0.15) is 37.8 Å². The summed E-state index contributed by atoms with van der Waals surface area (Å²) in [5, 5.41) is 9.32. The number of hydrogen-bond acceptors (Lipinski definition) is 3. The lowest BCUT2D eigenvalue weighted by Crippen LogP contribution is -2.23. The highest BCUT2D eigenvalue weighted by atomic mass is 32.2. The van der Waals surface area contributed by atoms with Crippen molar-refractivity contribution in [1.29, 1.82) is 0 Å². The predicted octanol–water partition coefficient (Wildman–Crippen LogP) is 1.99. The summed E-state index contributed by atoms with van der Waals surface area (Å²) in [6.07, 6.45) is 2.74. The smallest absolute Gasteiger partial charge is 0.157 e. The normalized spacial score (nSPS) is 18.7. The lowest BCUT2D eigenvalue weighted by Gasteiger charge is -2.23. The second-order valence-electron chi connectivity index (χ2n) is 5.89. The summed E-state index contributed by atoms with van der Waals surface area (Å²) in [5.41, 5.74) is 1.61. The molecule has 0 amide bonds. The van der Waals surface area contributed by atoms with Crippen LogP contribution in [-0.2, 0) is 20.0 Å². The molecule has 0 bridgehead atoms. The monoisotopic (exact) mass is 268 g/mol. The van der Waals surface area contributed by atoms with Crippen LogP contribution >= 0.6 is 0 Å². The zero-order valence-electron chi connectivity index (χ0n) is 11.1. The predicted molar refractivity (Wildman–Crippen MR) is 72.3 cm³/mol. The maximum atomic E-state index is 11.8. The van der Waals surface area contributed by atoms with E-state index in [-0.39, 0.29) is 12.0 Å². The van der Waals surface area contributed by atoms with Gasteiger partial charge in [0.1, 0.15) is 0 Å². The molecule has 4 heteroatoms. The third-order valence-electron chi connectivity index (χ3n) is 4.00. The second-order valence-corrected chi connectivity index (χ2v) is 8.21. The molecule has 0 aromatic heterocycles. The fourth-order valence-electron chi connectivity index (χ4n) is 2.30. The standard InChI is InChI=1S/C14H20O3S/c1-13(2,10-15)11-4-6-12(7-5-11)14(8-9-14)18(3,16)17/h4-7,15H,8-10H2,1-3H3. The van der Waals surface area contributed by atoms with Crippen LogP contribution in [0.2, 0.25) is 0 Å². The summed E-state index contributed by atoms with van der Waals surface area (Å²) >= 11 is 0. The molecule has 18 heavy (non-hydrogen) atoms. The van der Waals surface area contributed by atoms with Crippen LogP contribution < -0.4 is 0 Å². The van der Waals surface area contributed by atoms with Crippen molar-refractivity contribution in [3.63, 3.8) is 0 Å². The third-order valence-corrected chi connectivity index (χ3v) is 6.07. The summed E-state index contributed by atoms with van der Waals surface area (Å²) in [5.74, 6) is 0. The Hall–Kier alpha value is -0.870. The quantitative estimate of drug-likeness (QED) is 0.908. The van der Waals surface area contributed by atoms with Gasteiger partial charge in [-0.2, -0.15) is 0 Å². The van der Waals surface area contributed by atoms with Crippen molar-refractivity contribution in [2.75, 3.05) is 12.9 Å². The van der Waals surface area contributed by atoms with Crippen molar-refractivity contribution in [2.24, 2.45) is 0 Å². The van der Waals surface area contributed by atoms with Gasteiger partial charge in [-0.25, -0.2) is 8.42 Å². The van der Waals surface area contributed by atoms with Gasteiger partial charge in [0.25, 0.3) is 0 Å². The van der Waals surface area contributed by atoms with Crippen molar-refractivity contribution in [3.8, 4) is 0 Å². The first kappa shape index (κ1) is 13.6. The Morgan fingerprint density at radius 1 is 1.22 bits per heavy atom. The Kier molecular flexibility index (Phi) is 3.06. The first-order valence-corrected chi connectivity index (χ1v) is 8.04. The molecule has 1 aromatic rings. The molecule has 1 aliphatic carbocycles. The van der Waals surface area contributed by atoms with Gasteiger partial charge in [-0.3, -0.25) is 0 Å². The summed E-state index contributed by atoms with van der Waals surface area (Å²) in [7, 11) is -3.05. The Labute approximate surface area is 109 Å². The Balaban J connectivity index is 2.36. The molecule has 1 N–H and O–H groups in total. The van der Waals surface area contributed by atoms with E-state index in [4.69, 9.17) is 0 Å². The molecule has 1 fully saturated rings. The molecule has 1 aromatic carbocycles. The molecule has 1 saturated carbocycles. The van der Waals surface area contributed by atoms with E-state index in [1.165, 1.54) is 6.26 Å². The van der Waals surface area contributed by atoms with Gasteiger partial charge in [-0.15, -0.1) is 0 Å². The highest BCUT2D eigenvalue weighted by Gasteiger charge is 2.53. The van der Waals surface area contributed by atoms with Crippen LogP contribution in [0.25, 0.3) is 0 Å². The van der Waals surface area contributed by atoms with E-state index < -0.39 is 14.6 Å². The second kappa shape index (κ2) is 4.07. The Bertz CT molecular complexity index is 537. The van der Waals surface area contributed by atoms with E-state index in [1.807, 2.05) is 38.1 Å². The van der Waals surface area contributed by atoms with Gasteiger partial charge in [0.05, 0.1) is 11.4 Å². The minimum absolute atomic E-state index is 0.0730. The minimum Gasteiger partial charge on any atom is -0.395 e. The third kappa shape index (κ3) is 2.08. The number of sulfone groups is 1. The average molecular weight is 268 g/mol. The molecular formula is C14H20O3S. The van der Waals surface area contributed by atoms with Gasteiger partial charge < -0.3 is 5.11 Å². The maximum absolute atomic E-state index is 11.8. The molecule has 0 radical (unpaired) electrons. The van der Waals surface area contributed by atoms with Crippen molar-refractivity contribution >= 4 is 9.84 Å². The number of rotatable bonds is 4. The largest absolute Gasteiger partial charge is 0.395 e. The highest BCUT2D eigenvalue weighted by Crippen LogP contribution is 2.52. The van der Waals surface area contributed by atoms with E-state index >= 15 is 0 Å². The SMILES string of the molecule is CC(C)(CO)c1ccc(C2(S(C)(=O)=O)CC2)cc1. The van der Waals surface area contributed by atoms with Crippen molar-refractivity contribution < 1.29 is 13.5 Å². The van der Waals surface area contributed by atoms with Gasteiger partial charge in [-0.05, 0) is 24.0 Å². The molecule has 100 valence electrons. The lowest BCUT2D eigenvalue weighted by atomic mass is 9.85. The van der Waals surface area contributed by atoms with E-state index in [0.29, 0.717) is 12.8 Å². The summed E-state index contributed by atoms with van der Waals surface area (Å²) in [4.78, 5) is 0. The lowest BCUT2D eigenvalue weighted by molar-refractivity contribution is 0.218. The van der Waals surface area contributed by atoms with Crippen molar-refractivity contribution in [2.45, 2.75) is 36.9 Å². The minimum atomic E-state index is -3.05. The molecule has 0 aliphatic heterocycles. The molecular weight excluding hydrogens is 248 g/mol. The average Bonchev–Trinajstić information content (AvgIpc) is 3.09. The van der Waals surface area contributed by atoms with Gasteiger partial charge in [0.15, 0.2) is 9.84 Å². The summed E-state index contributed by atoms with van der Waals surface area (Å²) < 4.78 is 23.0. The molecule has 0 heterocycles. The first-order chi connectivity index (χ1) is 8.23. The number of hydrogen-bond donors (Lipinski definition) is 1. The van der Waals surface area contributed by atoms with Crippen LogP contribution in [0.3, 0.4) is 0 Å². The first-order valence-electron chi connectivity index (χ1n) is 6.14. The van der Waals surface area contributed by atoms with Crippen LogP contribution in [0.5, 0.6) is 0 Å². The molecule has 0 spiro atoms. The fraction of sp³-hybridized carbons (Fsp3) is 0.571. The van der Waals surface area contributed by atoms with E-state index in [9.17, 15) is 13.5 Å². The molecule has 2 rings (SSSR count). The number of aliphatic hydroxyl groups is 1. The van der Waals surface area contributed by atoms with Crippen LogP contribution in [0.15, 0.2) is 24.3 Å². The zero-order valence-corrected chi connectivity index (χ0v) is 11.9. The van der Waals surface area contributed by atoms with Crippen molar-refractivity contribution in [3.05, 3.63) is 35.4 Å². The van der Waals surface area contributed by atoms with Crippen LogP contribution in [0.4, 0.5) is 0 Å². The molecule has 0 atom stereocenters. The Morgan fingerprint density at radius 3 is 2.06 bits per heavy atom. The molecule has 0 saturated heterocycles. The molecule has 3 nitrogen and oxygen atoms in total. The van der Waals surface area contributed by atoms with Crippen molar-refractivity contribution in [1.82, 2.24) is 0 Å². The van der Waals surface area contributed by atoms with Crippen LogP contribution in [-0.4, -0.2) is 26.4 Å². The Morgan fingerprint density at radius 2 is 1.72 bits per heavy atom. The highest BCUT2D eigenvalue weighted by molar-refractivity contribution is 7.92. The van der Waals surface area contributed by atoms with E-state index in [2.05, 4.69) is 0 Å². The van der Waals surface area contributed by atoms with Gasteiger partial charge in [0, 0.05) is 11.7 Å². The maximum Gasteiger partial charge on any atom is 0.157 e. The zero-order chi connectivity index (χ0) is 13.6. The summed E-state index contributed by atoms with van der Waals surface area (Å²) in [6.45, 7) is 4.00. The van der Waals surface area contributed by atoms with E-state index in [0.717, 1.165) is 11.1 Å². The molecule has 1 aliphatic rings. The van der Waals surface area contributed by atoms with Gasteiger partial charge in [-0.1, -0.05) is 38.1 Å². The van der Waals surface area contributed by atoms with Gasteiger partial charge >= 0.3 is 0 Å².